The summed E-state index contributed by atoms with van der Waals surface area (Å²) in [5.41, 5.74) is 45.6. The van der Waals surface area contributed by atoms with Crippen LogP contribution in [0.3, 0.4) is 0 Å². The molecule has 11 heteroatoms. The molecule has 4 bridgehead atoms. The van der Waals surface area contributed by atoms with E-state index in [1.807, 2.05) is 164 Å². The van der Waals surface area contributed by atoms with E-state index in [2.05, 4.69) is 272 Å². The average molecular weight is 2400 g/mol. The van der Waals surface area contributed by atoms with E-state index in [0.29, 0.717) is 11.3 Å². The minimum absolute atomic E-state index is 0. The third kappa shape index (κ3) is 24.0. The second-order valence-electron chi connectivity index (χ2n) is 40.2. The van der Waals surface area contributed by atoms with Crippen LogP contribution in [0, 0.1) is 53.6 Å². The quantitative estimate of drug-likeness (QED) is 0.0629. The Kier molecular flexibility index (Phi) is 33.2. The Labute approximate surface area is 887 Å². The molecule has 4 atom stereocenters. The Hall–Kier alpha value is -12.7. The first-order valence-electron chi connectivity index (χ1n) is 51.0. The fraction of sp³-hybridized carbons (Fsp3) is 0.242. The standard InChI is InChI=1S/C45H36N3.C22H24N.C21H22N.C17H12N.C15H16N.C12H10N.3Ir/c1-4-10-40(11-5-1)43-25-22-34(31-46-43)16-19-37-28-38(20-17-35-23-26-44(47-32-35)41-12-6-2-7-13-41)30-39(29-37)21-18-36-24-27-45(48-33-36)42-14-8-3-9-15-42;1-22(2)18-10-17-11-21(23-13-19(17)20(22)12-18)16-8-7-14-5-3-4-6-15(14)9-16;1-2-4-14-9-19-17(7-13(14)3-1)11-22-12-20-16-6-5-15(8-16)18(20)10-21(19)22;1-2-7-14(8-3-1)15-9-6-10-16(13-15)17-11-4-5-12-18-17;1-12(2)11-14-9-6-10-15(16-14)13-7-4-3-5-8-13;1-2-6-11-10(5-1)9-13-8-4-3-7-12(11)13;;;/h1-10,12,14,22-33H,16-21H2;7,9,11,13,18,20H,3-6,10,12H2,1-2H3;7,9-10,12,15-16H,1-6,8,11H2;1-9,11-13H;3-7,9-10,12H,11H2,1-2H3;1-8H,9H2;;;/q-3;-1;+1;2*-1;+1;;;+3. The fourth-order valence-corrected chi connectivity index (χ4v) is 22.3. The molecule has 4 unspecified atom stereocenters. The molecule has 0 amide bonds. The van der Waals surface area contributed by atoms with E-state index in [1.165, 1.54) is 178 Å². The van der Waals surface area contributed by atoms with Crippen LogP contribution in [0.4, 0.5) is 0 Å². The third-order valence-electron chi connectivity index (χ3n) is 30.1. The number of benzene rings is 10. The van der Waals surface area contributed by atoms with E-state index in [1.54, 1.807) is 39.6 Å². The van der Waals surface area contributed by atoms with Gasteiger partial charge in [0.1, 0.15) is 0 Å². The van der Waals surface area contributed by atoms with Crippen LogP contribution < -0.4 is 9.13 Å². The predicted octanol–water partition coefficient (Wildman–Crippen LogP) is 28.9. The molecule has 27 rings (SSSR count). The molecule has 2 radical (unpaired) electrons. The Morgan fingerprint density at radius 3 is 1.45 bits per heavy atom. The van der Waals surface area contributed by atoms with Crippen molar-refractivity contribution in [3.8, 4) is 101 Å². The van der Waals surface area contributed by atoms with Gasteiger partial charge in [-0.3, -0.25) is 0 Å². The topological polar surface area (TPSA) is 85.1 Å². The Morgan fingerprint density at radius 1 is 0.350 bits per heavy atom. The van der Waals surface area contributed by atoms with E-state index in [9.17, 15) is 0 Å². The zero-order valence-corrected chi connectivity index (χ0v) is 89.3. The first kappa shape index (κ1) is 100. The molecule has 716 valence electrons. The summed E-state index contributed by atoms with van der Waals surface area (Å²) in [6.45, 7) is 11.4. The van der Waals surface area contributed by atoms with E-state index >= 15 is 0 Å². The minimum Gasteiger partial charge on any atom is -0.305 e. The van der Waals surface area contributed by atoms with Crippen LogP contribution in [-0.2, 0) is 150 Å². The number of pyridine rings is 8. The van der Waals surface area contributed by atoms with Crippen LogP contribution in [0.25, 0.3) is 101 Å². The zero-order chi connectivity index (χ0) is 94.5. The van der Waals surface area contributed by atoms with Gasteiger partial charge < -0.3 is 29.9 Å². The maximum atomic E-state index is 4.82. The smallest absolute Gasteiger partial charge is 0.305 e. The number of aryl methyl sites for hydroxylation is 10. The van der Waals surface area contributed by atoms with Gasteiger partial charge in [0.15, 0.2) is 25.5 Å². The summed E-state index contributed by atoms with van der Waals surface area (Å²) < 4.78 is 4.82. The summed E-state index contributed by atoms with van der Waals surface area (Å²) >= 11 is 0. The molecule has 2 aliphatic heterocycles. The molecule has 10 heterocycles. The molecule has 0 spiro atoms. The average Bonchev–Trinajstić information content (AvgIpc) is 1.66. The van der Waals surface area contributed by atoms with E-state index in [4.69, 9.17) is 19.9 Å². The van der Waals surface area contributed by atoms with Crippen LogP contribution in [0.5, 0.6) is 0 Å². The van der Waals surface area contributed by atoms with Crippen LogP contribution in [0.15, 0.2) is 359 Å². The predicted molar refractivity (Wildman–Crippen MR) is 567 cm³/mol. The number of nitrogens with zero attached hydrogens (tertiary/aromatic N) is 8. The molecular formula is C132H120Ir3N8-. The van der Waals surface area contributed by atoms with Gasteiger partial charge in [0, 0.05) is 112 Å². The number of hydrogen-bond donors (Lipinski definition) is 0. The van der Waals surface area contributed by atoms with Gasteiger partial charge in [-0.05, 0) is 281 Å². The van der Waals surface area contributed by atoms with E-state index < -0.39 is 0 Å². The van der Waals surface area contributed by atoms with E-state index in [0.717, 1.165) is 149 Å². The van der Waals surface area contributed by atoms with Crippen molar-refractivity contribution in [2.75, 3.05) is 0 Å². The Bertz CT molecular complexity index is 6960. The van der Waals surface area contributed by atoms with Gasteiger partial charge in [-0.25, -0.2) is 0 Å². The molecule has 2 fully saturated rings. The second kappa shape index (κ2) is 47.3. The summed E-state index contributed by atoms with van der Waals surface area (Å²) in [6.07, 6.45) is 38.7. The monoisotopic (exact) mass is 2400 g/mol. The van der Waals surface area contributed by atoms with Crippen molar-refractivity contribution >= 4 is 0 Å². The summed E-state index contributed by atoms with van der Waals surface area (Å²) in [4.78, 5) is 28.0. The molecule has 9 aliphatic rings. The third-order valence-corrected chi connectivity index (χ3v) is 30.1. The first-order valence-corrected chi connectivity index (χ1v) is 51.0. The Morgan fingerprint density at radius 2 is 0.867 bits per heavy atom. The number of rotatable bonds is 18. The van der Waals surface area contributed by atoms with Crippen molar-refractivity contribution in [2.45, 2.75) is 187 Å². The number of hydrogen-bond acceptors (Lipinski definition) is 6. The van der Waals surface area contributed by atoms with Crippen LogP contribution >= 0.6 is 0 Å². The molecule has 8 nitrogen and oxygen atoms in total. The Balaban J connectivity index is 0.000000120. The van der Waals surface area contributed by atoms with Crippen molar-refractivity contribution in [1.82, 2.24) is 29.9 Å². The van der Waals surface area contributed by atoms with Gasteiger partial charge in [-0.1, -0.05) is 180 Å². The van der Waals surface area contributed by atoms with Gasteiger partial charge >= 0.3 is 20.1 Å². The molecule has 18 aromatic rings. The molecule has 7 aliphatic carbocycles. The fourth-order valence-electron chi connectivity index (χ4n) is 22.3. The zero-order valence-electron chi connectivity index (χ0n) is 82.1. The molecule has 10 aromatic carbocycles. The molecule has 8 aromatic heterocycles. The molecule has 143 heavy (non-hydrogen) atoms. The van der Waals surface area contributed by atoms with Gasteiger partial charge in [-0.15, -0.1) is 214 Å². The van der Waals surface area contributed by atoms with E-state index in [-0.39, 0.29) is 60.3 Å². The van der Waals surface area contributed by atoms with Crippen LogP contribution in [-0.4, -0.2) is 29.9 Å². The van der Waals surface area contributed by atoms with Gasteiger partial charge in [0.2, 0.25) is 11.4 Å². The summed E-state index contributed by atoms with van der Waals surface area (Å²) in [5, 5.41) is 0. The first-order chi connectivity index (χ1) is 68.9. The molecular weight excluding hydrogens is 2270 g/mol. The van der Waals surface area contributed by atoms with Gasteiger partial charge in [0.25, 0.3) is 0 Å². The maximum Gasteiger partial charge on any atom is 3.00 e. The van der Waals surface area contributed by atoms with Crippen molar-refractivity contribution in [2.24, 2.45) is 17.3 Å². The normalized spacial score (nSPS) is 15.7. The van der Waals surface area contributed by atoms with Gasteiger partial charge in [0.05, 0.1) is 11.1 Å². The van der Waals surface area contributed by atoms with Gasteiger partial charge in [-0.2, -0.15) is 9.13 Å². The van der Waals surface area contributed by atoms with Crippen molar-refractivity contribution in [3.63, 3.8) is 0 Å². The van der Waals surface area contributed by atoms with Crippen molar-refractivity contribution < 1.29 is 69.5 Å². The number of fused-ring (bicyclic) bond motifs is 13. The largest absolute Gasteiger partial charge is 3.00 e. The van der Waals surface area contributed by atoms with Crippen LogP contribution in [0.1, 0.15) is 192 Å². The molecule has 0 N–H and O–H groups in total. The SMILES string of the molecule is CC(C)Cc1cccc(-c2[c-]cccc2)n1.CC1(C)C2Cc3cc(-c4[c-]cc5c(c4)CCCC5)ncc3C1C2.[Ir+3].[Ir].[Ir].[c-]1ccc(-c2ccccc2)cc1-c1ccccn1.[c-]1ccccc1-c1ccc(CCc2cc(CCc3ccc(-c4[c-]cccc4)nc3)cc(CCc3ccc(-c4[c-]cccc4)nc3)c2)cn1.c1c2c(cc3c1C[n+]1cc4c(cc1-3)C1CCC4C1)CCCC2.c1ccc2c(c1)C[n+]1ccccc1-2. The maximum absolute atomic E-state index is 4.82. The second-order valence-corrected chi connectivity index (χ2v) is 40.2. The van der Waals surface area contributed by atoms with Crippen LogP contribution in [0.2, 0.25) is 0 Å². The minimum atomic E-state index is 0. The molecule has 0 saturated heterocycles. The number of aromatic nitrogens is 8. The molecule has 2 saturated carbocycles. The van der Waals surface area contributed by atoms with Crippen molar-refractivity contribution in [1.29, 1.82) is 0 Å². The summed E-state index contributed by atoms with van der Waals surface area (Å²) in [5.74, 6) is 3.97. The summed E-state index contributed by atoms with van der Waals surface area (Å²) in [6, 6.07) is 130. The summed E-state index contributed by atoms with van der Waals surface area (Å²) in [7, 11) is 0. The van der Waals surface area contributed by atoms with Crippen molar-refractivity contribution in [3.05, 3.63) is 490 Å².